The third-order valence-corrected chi connectivity index (χ3v) is 3.87. The number of aromatic hydroxyl groups is 2. The Morgan fingerprint density at radius 3 is 2.36 bits per heavy atom. The number of ketones is 2. The number of phenols is 2. The lowest BCUT2D eigenvalue weighted by atomic mass is 9.82. The van der Waals surface area contributed by atoms with Crippen molar-refractivity contribution in [2.24, 2.45) is 0 Å². The molecular weight excluding hydrogens is 288 g/mol. The Kier molecular flexibility index (Phi) is 2.60. The highest BCUT2D eigenvalue weighted by molar-refractivity contribution is 6.30. The van der Waals surface area contributed by atoms with E-state index < -0.39 is 17.9 Å². The molecule has 0 unspecified atom stereocenters. The van der Waals surface area contributed by atoms with Crippen LogP contribution < -0.4 is 0 Å². The van der Waals surface area contributed by atoms with E-state index in [2.05, 4.69) is 9.78 Å². The Morgan fingerprint density at radius 1 is 0.909 bits per heavy atom. The summed E-state index contributed by atoms with van der Waals surface area (Å²) in [4.78, 5) is 34.4. The van der Waals surface area contributed by atoms with Gasteiger partial charge in [-0.25, -0.2) is 0 Å². The summed E-state index contributed by atoms with van der Waals surface area (Å²) in [5, 5.41) is 20.2. The van der Waals surface area contributed by atoms with Crippen LogP contribution in [0.4, 0.5) is 0 Å². The van der Waals surface area contributed by atoms with E-state index in [1.165, 1.54) is 24.3 Å². The number of fused-ring (bicyclic) bond motifs is 2. The summed E-state index contributed by atoms with van der Waals surface area (Å²) in [6.45, 7) is 0. The van der Waals surface area contributed by atoms with E-state index >= 15 is 0 Å². The second kappa shape index (κ2) is 4.40. The molecule has 1 aliphatic carbocycles. The van der Waals surface area contributed by atoms with Gasteiger partial charge in [0.2, 0.25) is 12.1 Å². The lowest BCUT2D eigenvalue weighted by Gasteiger charge is -2.20. The molecule has 0 bridgehead atoms. The van der Waals surface area contributed by atoms with Crippen LogP contribution in [0.2, 0.25) is 0 Å². The van der Waals surface area contributed by atoms with Gasteiger partial charge in [0.25, 0.3) is 0 Å². The molecule has 6 heteroatoms. The van der Waals surface area contributed by atoms with Crippen molar-refractivity contribution in [3.63, 3.8) is 0 Å². The van der Waals surface area contributed by atoms with Gasteiger partial charge in [-0.3, -0.25) is 9.59 Å². The summed E-state index contributed by atoms with van der Waals surface area (Å²) in [6, 6.07) is 7.38. The van der Waals surface area contributed by atoms with Crippen molar-refractivity contribution in [1.82, 2.24) is 0 Å². The third-order valence-electron chi connectivity index (χ3n) is 3.87. The predicted molar refractivity (Wildman–Crippen MR) is 72.7 cm³/mol. The Bertz CT molecular complexity index is 835. The first-order chi connectivity index (χ1) is 10.6. The third kappa shape index (κ3) is 1.75. The summed E-state index contributed by atoms with van der Waals surface area (Å²) >= 11 is 0. The number of phenolic OH excluding ortho intramolecular Hbond substituents is 2. The largest absolute Gasteiger partial charge is 0.507 e. The first-order valence-electron chi connectivity index (χ1n) is 6.66. The average Bonchev–Trinajstić information content (AvgIpc) is 3.30. The second-order valence-electron chi connectivity index (χ2n) is 5.18. The fourth-order valence-corrected chi connectivity index (χ4v) is 2.74. The fourth-order valence-electron chi connectivity index (χ4n) is 2.74. The smallest absolute Gasteiger partial charge is 0.228 e. The van der Waals surface area contributed by atoms with Crippen LogP contribution in [0.5, 0.6) is 11.5 Å². The number of rotatable bonds is 2. The van der Waals surface area contributed by atoms with E-state index in [-0.39, 0.29) is 40.2 Å². The molecule has 6 nitrogen and oxygen atoms in total. The minimum atomic E-state index is -0.570. The van der Waals surface area contributed by atoms with E-state index in [0.29, 0.717) is 5.56 Å². The molecule has 0 amide bonds. The van der Waals surface area contributed by atoms with Crippen molar-refractivity contribution in [2.45, 2.75) is 12.7 Å². The Hall–Kier alpha value is -2.70. The van der Waals surface area contributed by atoms with Crippen LogP contribution in [-0.4, -0.2) is 28.1 Å². The molecule has 2 aliphatic rings. The minimum absolute atomic E-state index is 0.0774. The van der Waals surface area contributed by atoms with Crippen molar-refractivity contribution in [3.05, 3.63) is 58.1 Å². The molecule has 1 saturated heterocycles. The molecule has 4 rings (SSSR count). The molecule has 1 fully saturated rings. The van der Waals surface area contributed by atoms with Gasteiger partial charge in [0.05, 0.1) is 11.1 Å². The molecule has 0 radical (unpaired) electrons. The van der Waals surface area contributed by atoms with Crippen molar-refractivity contribution in [2.75, 3.05) is 0 Å². The molecule has 0 atom stereocenters. The van der Waals surface area contributed by atoms with Crippen LogP contribution in [0.15, 0.2) is 30.3 Å². The van der Waals surface area contributed by atoms with Crippen molar-refractivity contribution in [3.8, 4) is 11.5 Å². The first kappa shape index (κ1) is 13.0. The predicted octanol–water partition coefficient (Wildman–Crippen LogP) is 1.70. The molecular formula is C16H10O6. The molecule has 0 spiro atoms. The molecule has 1 aliphatic heterocycles. The van der Waals surface area contributed by atoms with E-state index in [1.807, 2.05) is 0 Å². The van der Waals surface area contributed by atoms with Gasteiger partial charge in [0.1, 0.15) is 11.5 Å². The lowest BCUT2D eigenvalue weighted by Crippen LogP contribution is -2.21. The first-order valence-corrected chi connectivity index (χ1v) is 6.66. The monoisotopic (exact) mass is 298 g/mol. The van der Waals surface area contributed by atoms with E-state index in [9.17, 15) is 19.8 Å². The molecule has 0 aromatic heterocycles. The van der Waals surface area contributed by atoms with Crippen LogP contribution in [0.1, 0.15) is 37.4 Å². The number of hydrogen-bond donors (Lipinski definition) is 2. The summed E-state index contributed by atoms with van der Waals surface area (Å²) in [7, 11) is 0. The second-order valence-corrected chi connectivity index (χ2v) is 5.18. The van der Waals surface area contributed by atoms with E-state index in [1.54, 1.807) is 6.07 Å². The van der Waals surface area contributed by atoms with Gasteiger partial charge in [0, 0.05) is 17.5 Å². The van der Waals surface area contributed by atoms with Gasteiger partial charge in [0.15, 0.2) is 5.78 Å². The van der Waals surface area contributed by atoms with Crippen LogP contribution in [0.3, 0.4) is 0 Å². The zero-order valence-electron chi connectivity index (χ0n) is 11.2. The van der Waals surface area contributed by atoms with Crippen LogP contribution in [0.25, 0.3) is 0 Å². The van der Waals surface area contributed by atoms with Gasteiger partial charge in [-0.2, -0.15) is 9.78 Å². The highest BCUT2D eigenvalue weighted by Gasteiger charge is 2.36. The Balaban J connectivity index is 1.92. The standard InChI is InChI=1S/C16H10O6/c17-10-3-1-2-8-12(10)16(20)13-9(15(8)19)5-4-7(14(13)18)6-11-21-22-11/h1-5,11,17-18H,6H2. The van der Waals surface area contributed by atoms with Gasteiger partial charge in [-0.15, -0.1) is 0 Å². The van der Waals surface area contributed by atoms with Crippen LogP contribution in [-0.2, 0) is 16.2 Å². The van der Waals surface area contributed by atoms with Gasteiger partial charge < -0.3 is 10.2 Å². The topological polar surface area (TPSA) is 99.7 Å². The maximum absolute atomic E-state index is 12.6. The number of hydrogen-bond acceptors (Lipinski definition) is 6. The van der Waals surface area contributed by atoms with Gasteiger partial charge >= 0.3 is 0 Å². The molecule has 2 aromatic carbocycles. The van der Waals surface area contributed by atoms with Gasteiger partial charge in [-0.05, 0) is 17.7 Å². The Morgan fingerprint density at radius 2 is 1.64 bits per heavy atom. The summed E-state index contributed by atoms with van der Waals surface area (Å²) in [6.07, 6.45) is -0.173. The molecule has 110 valence electrons. The maximum Gasteiger partial charge on any atom is 0.228 e. The normalized spacial score (nSPS) is 16.4. The highest BCUT2D eigenvalue weighted by Crippen LogP contribution is 2.38. The summed E-state index contributed by atoms with van der Waals surface area (Å²) < 4.78 is 0. The van der Waals surface area contributed by atoms with Gasteiger partial charge in [-0.1, -0.05) is 18.2 Å². The number of carbonyl (C=O) groups excluding carboxylic acids is 2. The molecule has 0 saturated carbocycles. The zero-order valence-corrected chi connectivity index (χ0v) is 11.2. The van der Waals surface area contributed by atoms with Crippen molar-refractivity contribution >= 4 is 11.6 Å². The van der Waals surface area contributed by atoms with Crippen molar-refractivity contribution < 1.29 is 29.6 Å². The average molecular weight is 298 g/mol. The summed E-state index contributed by atoms with van der Waals surface area (Å²) in [5.74, 6) is -1.52. The van der Waals surface area contributed by atoms with Crippen LogP contribution in [0, 0.1) is 0 Å². The minimum Gasteiger partial charge on any atom is -0.507 e. The molecule has 2 N–H and O–H groups in total. The number of benzene rings is 2. The van der Waals surface area contributed by atoms with Crippen LogP contribution >= 0.6 is 0 Å². The molecule has 22 heavy (non-hydrogen) atoms. The SMILES string of the molecule is O=C1c2cccc(O)c2C(=O)c2c1ccc(CC1OO1)c2O. The fraction of sp³-hybridized carbons (Fsp3) is 0.125. The van der Waals surface area contributed by atoms with E-state index in [4.69, 9.17) is 0 Å². The maximum atomic E-state index is 12.6. The Labute approximate surface area is 124 Å². The molecule has 2 aromatic rings. The number of carbonyl (C=O) groups is 2. The van der Waals surface area contributed by atoms with E-state index in [0.717, 1.165) is 0 Å². The summed E-state index contributed by atoms with van der Waals surface area (Å²) in [5.41, 5.74) is 0.547. The van der Waals surface area contributed by atoms with Crippen molar-refractivity contribution in [1.29, 1.82) is 0 Å². The zero-order chi connectivity index (χ0) is 15.4. The quantitative estimate of drug-likeness (QED) is 0.552. The molecule has 1 heterocycles. The highest BCUT2D eigenvalue weighted by atomic mass is 17.4. The lowest BCUT2D eigenvalue weighted by molar-refractivity contribution is 0.0850.